The van der Waals surface area contributed by atoms with Crippen molar-refractivity contribution in [2.75, 3.05) is 0 Å². The molecule has 4 nitrogen and oxygen atoms in total. The highest BCUT2D eigenvalue weighted by molar-refractivity contribution is 6.21. The zero-order valence-electron chi connectivity index (χ0n) is 13.8. The van der Waals surface area contributed by atoms with Crippen LogP contribution < -0.4 is 0 Å². The van der Waals surface area contributed by atoms with Crippen molar-refractivity contribution in [3.05, 3.63) is 89.1 Å². The highest BCUT2D eigenvalue weighted by Crippen LogP contribution is 2.45. The normalized spacial score (nSPS) is 11.4. The summed E-state index contributed by atoms with van der Waals surface area (Å²) in [6.07, 6.45) is 1.86. The lowest BCUT2D eigenvalue weighted by Gasteiger charge is -2.13. The third kappa shape index (κ3) is 1.96. The van der Waals surface area contributed by atoms with E-state index in [1.807, 2.05) is 79.0 Å². The molecule has 0 aliphatic carbocycles. The van der Waals surface area contributed by atoms with Crippen LogP contribution in [0.25, 0.3) is 43.6 Å². The molecule has 0 atom stereocenters. The molecule has 0 saturated carbocycles. The van der Waals surface area contributed by atoms with Gasteiger partial charge >= 0.3 is 0 Å². The first kappa shape index (κ1) is 14.7. The van der Waals surface area contributed by atoms with Crippen molar-refractivity contribution in [1.29, 1.82) is 0 Å². The van der Waals surface area contributed by atoms with Crippen LogP contribution in [0.4, 0.5) is 5.69 Å². The number of nitrogens with one attached hydrogen (secondary N) is 1. The van der Waals surface area contributed by atoms with Gasteiger partial charge in [-0.2, -0.15) is 0 Å². The van der Waals surface area contributed by atoms with Crippen molar-refractivity contribution >= 4 is 38.1 Å². The summed E-state index contributed by atoms with van der Waals surface area (Å²) in [5.41, 5.74) is 2.67. The number of aromatic nitrogens is 1. The van der Waals surface area contributed by atoms with Crippen LogP contribution in [-0.4, -0.2) is 9.91 Å². The van der Waals surface area contributed by atoms with Gasteiger partial charge in [-0.15, -0.1) is 0 Å². The Labute approximate surface area is 148 Å². The number of nitro groups is 1. The fourth-order valence-electron chi connectivity index (χ4n) is 3.89. The van der Waals surface area contributed by atoms with Gasteiger partial charge in [-0.1, -0.05) is 54.6 Å². The van der Waals surface area contributed by atoms with Gasteiger partial charge in [-0.05, 0) is 39.9 Å². The van der Waals surface area contributed by atoms with Crippen molar-refractivity contribution in [3.8, 4) is 11.1 Å². The van der Waals surface area contributed by atoms with Crippen LogP contribution in [-0.2, 0) is 0 Å². The molecule has 4 heteroatoms. The third-order valence-corrected chi connectivity index (χ3v) is 4.95. The van der Waals surface area contributed by atoms with Gasteiger partial charge in [-0.25, -0.2) is 0 Å². The molecule has 0 fully saturated rings. The van der Waals surface area contributed by atoms with Crippen molar-refractivity contribution in [2.24, 2.45) is 0 Å². The van der Waals surface area contributed by atoms with Crippen LogP contribution >= 0.6 is 0 Å². The Hall–Kier alpha value is -3.66. The first-order chi connectivity index (χ1) is 12.8. The van der Waals surface area contributed by atoms with Crippen molar-refractivity contribution < 1.29 is 4.92 Å². The van der Waals surface area contributed by atoms with Gasteiger partial charge in [-0.3, -0.25) is 10.1 Å². The molecule has 124 valence electrons. The standard InChI is InChI=1S/C22H14N2O2/c25-24(26)22-19-9-4-2-7-15(19)14-6-1-3-8-17(14)21(22)18-10-5-11-20-16(18)12-13-23-20/h1-13,23H. The number of hydrogen-bond acceptors (Lipinski definition) is 2. The van der Waals surface area contributed by atoms with E-state index in [0.29, 0.717) is 10.9 Å². The number of benzene rings is 4. The van der Waals surface area contributed by atoms with Gasteiger partial charge in [0.2, 0.25) is 0 Å². The summed E-state index contributed by atoms with van der Waals surface area (Å²) in [5, 5.41) is 16.6. The molecule has 0 bridgehead atoms. The molecule has 5 aromatic rings. The molecule has 26 heavy (non-hydrogen) atoms. The Balaban J connectivity index is 2.09. The highest BCUT2D eigenvalue weighted by Gasteiger charge is 2.24. The number of nitrogens with zero attached hydrogens (tertiary/aromatic N) is 1. The summed E-state index contributed by atoms with van der Waals surface area (Å²) in [7, 11) is 0. The van der Waals surface area contributed by atoms with Crippen molar-refractivity contribution in [2.45, 2.75) is 0 Å². The molecule has 0 saturated heterocycles. The highest BCUT2D eigenvalue weighted by atomic mass is 16.6. The van der Waals surface area contributed by atoms with E-state index in [4.69, 9.17) is 0 Å². The lowest BCUT2D eigenvalue weighted by Crippen LogP contribution is -1.96. The van der Waals surface area contributed by atoms with Crippen LogP contribution in [0, 0.1) is 10.1 Å². The zero-order valence-corrected chi connectivity index (χ0v) is 13.8. The molecule has 1 aromatic heterocycles. The van der Waals surface area contributed by atoms with Gasteiger partial charge in [0.15, 0.2) is 0 Å². The summed E-state index contributed by atoms with van der Waals surface area (Å²) in [5.74, 6) is 0. The topological polar surface area (TPSA) is 58.9 Å². The van der Waals surface area contributed by atoms with E-state index in [2.05, 4.69) is 4.98 Å². The number of hydrogen-bond donors (Lipinski definition) is 1. The summed E-state index contributed by atoms with van der Waals surface area (Å²) >= 11 is 0. The van der Waals surface area contributed by atoms with Gasteiger partial charge in [0.1, 0.15) is 0 Å². The van der Waals surface area contributed by atoms with E-state index in [9.17, 15) is 10.1 Å². The monoisotopic (exact) mass is 338 g/mol. The second kappa shape index (κ2) is 5.43. The van der Waals surface area contributed by atoms with Crippen LogP contribution in [0.15, 0.2) is 79.0 Å². The second-order valence-electron chi connectivity index (χ2n) is 6.32. The predicted molar refractivity (Wildman–Crippen MR) is 105 cm³/mol. The van der Waals surface area contributed by atoms with Crippen LogP contribution in [0.5, 0.6) is 0 Å². The summed E-state index contributed by atoms with van der Waals surface area (Å²) < 4.78 is 0. The van der Waals surface area contributed by atoms with Crippen LogP contribution in [0.1, 0.15) is 0 Å². The maximum absolute atomic E-state index is 12.1. The lowest BCUT2D eigenvalue weighted by atomic mass is 9.90. The fourth-order valence-corrected chi connectivity index (χ4v) is 3.89. The van der Waals surface area contributed by atoms with E-state index < -0.39 is 0 Å². The van der Waals surface area contributed by atoms with Crippen LogP contribution in [0.2, 0.25) is 0 Å². The Bertz CT molecular complexity index is 1320. The number of aromatic amines is 1. The van der Waals surface area contributed by atoms with Crippen molar-refractivity contribution in [1.82, 2.24) is 4.98 Å². The molecular formula is C22H14N2O2. The van der Waals surface area contributed by atoms with E-state index in [-0.39, 0.29) is 10.6 Å². The van der Waals surface area contributed by atoms with E-state index in [0.717, 1.165) is 32.6 Å². The van der Waals surface area contributed by atoms with Gasteiger partial charge in [0.25, 0.3) is 5.69 Å². The molecule has 0 unspecified atom stereocenters. The fraction of sp³-hybridized carbons (Fsp3) is 0. The molecular weight excluding hydrogens is 324 g/mol. The summed E-state index contributed by atoms with van der Waals surface area (Å²) in [6, 6.07) is 23.3. The smallest absolute Gasteiger partial charge is 0.285 e. The predicted octanol–water partition coefficient (Wildman–Crippen LogP) is 6.05. The Morgan fingerprint density at radius 3 is 2.08 bits per heavy atom. The molecule has 0 aliphatic heterocycles. The molecule has 0 spiro atoms. The molecule has 0 amide bonds. The minimum absolute atomic E-state index is 0.160. The lowest BCUT2D eigenvalue weighted by molar-refractivity contribution is -0.382. The Kier molecular flexibility index (Phi) is 3.06. The summed E-state index contributed by atoms with van der Waals surface area (Å²) in [6.45, 7) is 0. The molecule has 1 heterocycles. The summed E-state index contributed by atoms with van der Waals surface area (Å²) in [4.78, 5) is 15.1. The molecule has 5 rings (SSSR count). The number of H-pyrrole nitrogens is 1. The van der Waals surface area contributed by atoms with Gasteiger partial charge in [0, 0.05) is 17.1 Å². The first-order valence-electron chi connectivity index (χ1n) is 8.40. The molecule has 0 radical (unpaired) electrons. The number of nitro benzene ring substituents is 1. The molecule has 0 aliphatic rings. The largest absolute Gasteiger partial charge is 0.361 e. The van der Waals surface area contributed by atoms with Gasteiger partial charge in [0.05, 0.1) is 15.9 Å². The number of fused-ring (bicyclic) bond motifs is 4. The van der Waals surface area contributed by atoms with E-state index in [1.165, 1.54) is 0 Å². The number of rotatable bonds is 2. The first-order valence-corrected chi connectivity index (χ1v) is 8.40. The Morgan fingerprint density at radius 2 is 1.35 bits per heavy atom. The average molecular weight is 338 g/mol. The van der Waals surface area contributed by atoms with E-state index >= 15 is 0 Å². The molecule has 1 N–H and O–H groups in total. The maximum atomic E-state index is 12.1. The quantitative estimate of drug-likeness (QED) is 0.242. The Morgan fingerprint density at radius 1 is 0.692 bits per heavy atom. The van der Waals surface area contributed by atoms with Crippen molar-refractivity contribution in [3.63, 3.8) is 0 Å². The maximum Gasteiger partial charge on any atom is 0.285 e. The van der Waals surface area contributed by atoms with Gasteiger partial charge < -0.3 is 4.98 Å². The minimum Gasteiger partial charge on any atom is -0.361 e. The average Bonchev–Trinajstić information content (AvgIpc) is 3.15. The SMILES string of the molecule is O=[N+]([O-])c1c(-c2cccc3[nH]ccc23)c2ccccc2c2ccccc12. The third-order valence-electron chi connectivity index (χ3n) is 4.95. The second-order valence-corrected chi connectivity index (χ2v) is 6.32. The molecule has 4 aromatic carbocycles. The minimum atomic E-state index is -0.254. The van der Waals surface area contributed by atoms with Crippen LogP contribution in [0.3, 0.4) is 0 Å². The van der Waals surface area contributed by atoms with E-state index in [1.54, 1.807) is 0 Å². The zero-order chi connectivity index (χ0) is 17.7.